The number of hydrogen-bond acceptors (Lipinski definition) is 6. The number of benzene rings is 1. The molecular formula is C16H18O6. The average Bonchev–Trinajstić information content (AvgIpc) is 2.87. The van der Waals surface area contributed by atoms with E-state index in [-0.39, 0.29) is 19.0 Å². The number of rotatable bonds is 7. The maximum absolute atomic E-state index is 11.8. The van der Waals surface area contributed by atoms with Crippen molar-refractivity contribution < 1.29 is 28.5 Å². The maximum Gasteiger partial charge on any atom is 0.343 e. The van der Waals surface area contributed by atoms with Gasteiger partial charge in [-0.25, -0.2) is 4.79 Å². The van der Waals surface area contributed by atoms with Gasteiger partial charge in [-0.15, -0.1) is 0 Å². The number of carbonyl (C=O) groups is 2. The van der Waals surface area contributed by atoms with E-state index in [0.717, 1.165) is 5.56 Å². The normalized spacial score (nSPS) is 13.8. The maximum atomic E-state index is 11.8. The Labute approximate surface area is 128 Å². The van der Waals surface area contributed by atoms with E-state index in [1.807, 2.05) is 19.1 Å². The second kappa shape index (κ2) is 7.49. The lowest BCUT2D eigenvalue weighted by Crippen LogP contribution is -2.12. The summed E-state index contributed by atoms with van der Waals surface area (Å²) in [6.45, 7) is 2.18. The van der Waals surface area contributed by atoms with E-state index >= 15 is 0 Å². The number of esters is 1. The van der Waals surface area contributed by atoms with Crippen LogP contribution in [0.15, 0.2) is 35.8 Å². The lowest BCUT2D eigenvalue weighted by atomic mass is 10.0. The van der Waals surface area contributed by atoms with E-state index in [2.05, 4.69) is 4.74 Å². The molecule has 0 atom stereocenters. The topological polar surface area (TPSA) is 71.1 Å². The Hall–Kier alpha value is -2.50. The van der Waals surface area contributed by atoms with E-state index in [1.165, 1.54) is 7.11 Å². The standard InChI is InChI=1S/C16H18O6/c1-3-20-16-13(14(17)9-22-16)8-11-4-6-12(7-5-11)21-10-15(18)19-2/h4-7H,3,8-10H2,1-2H3. The Bertz CT molecular complexity index is 573. The Kier molecular flexibility index (Phi) is 5.41. The van der Waals surface area contributed by atoms with Gasteiger partial charge in [0.15, 0.2) is 13.2 Å². The van der Waals surface area contributed by atoms with Gasteiger partial charge in [0.25, 0.3) is 5.95 Å². The minimum atomic E-state index is -0.440. The molecule has 0 bridgehead atoms. The summed E-state index contributed by atoms with van der Waals surface area (Å²) in [5.41, 5.74) is 1.47. The largest absolute Gasteiger partial charge is 0.482 e. The molecule has 0 radical (unpaired) electrons. The quantitative estimate of drug-likeness (QED) is 0.713. The summed E-state index contributed by atoms with van der Waals surface area (Å²) in [5, 5.41) is 0. The first-order valence-corrected chi connectivity index (χ1v) is 6.94. The average molecular weight is 306 g/mol. The van der Waals surface area contributed by atoms with Gasteiger partial charge in [0.2, 0.25) is 5.78 Å². The first-order chi connectivity index (χ1) is 10.6. The number of methoxy groups -OCH3 is 1. The van der Waals surface area contributed by atoms with Crippen LogP contribution in [-0.2, 0) is 30.2 Å². The van der Waals surface area contributed by atoms with Gasteiger partial charge in [-0.2, -0.15) is 0 Å². The molecule has 6 nitrogen and oxygen atoms in total. The molecule has 1 aliphatic rings. The van der Waals surface area contributed by atoms with Gasteiger partial charge in [-0.3, -0.25) is 4.79 Å². The highest BCUT2D eigenvalue weighted by atomic mass is 16.7. The van der Waals surface area contributed by atoms with Gasteiger partial charge >= 0.3 is 5.97 Å². The zero-order chi connectivity index (χ0) is 15.9. The van der Waals surface area contributed by atoms with Crippen LogP contribution in [0.3, 0.4) is 0 Å². The third kappa shape index (κ3) is 4.00. The van der Waals surface area contributed by atoms with Gasteiger partial charge in [-0.1, -0.05) is 12.1 Å². The highest BCUT2D eigenvalue weighted by molar-refractivity contribution is 5.98. The van der Waals surface area contributed by atoms with Gasteiger partial charge in [-0.05, 0) is 24.6 Å². The smallest absolute Gasteiger partial charge is 0.343 e. The predicted octanol–water partition coefficient (Wildman–Crippen LogP) is 1.63. The Morgan fingerprint density at radius 3 is 2.59 bits per heavy atom. The van der Waals surface area contributed by atoms with Crippen molar-refractivity contribution in [1.82, 2.24) is 0 Å². The minimum Gasteiger partial charge on any atom is -0.482 e. The van der Waals surface area contributed by atoms with E-state index in [4.69, 9.17) is 14.2 Å². The molecule has 0 N–H and O–H groups in total. The third-order valence-corrected chi connectivity index (χ3v) is 3.08. The van der Waals surface area contributed by atoms with E-state index in [1.54, 1.807) is 12.1 Å². The second-order valence-corrected chi connectivity index (χ2v) is 4.60. The van der Waals surface area contributed by atoms with Gasteiger partial charge in [0.05, 0.1) is 19.3 Å². The third-order valence-electron chi connectivity index (χ3n) is 3.08. The molecule has 0 fully saturated rings. The molecule has 1 aliphatic heterocycles. The van der Waals surface area contributed by atoms with Crippen molar-refractivity contribution >= 4 is 11.8 Å². The molecule has 2 rings (SSSR count). The molecule has 0 aromatic heterocycles. The minimum absolute atomic E-state index is 0.0327. The van der Waals surface area contributed by atoms with Gasteiger partial charge in [0.1, 0.15) is 5.75 Å². The van der Waals surface area contributed by atoms with Crippen LogP contribution in [0.4, 0.5) is 0 Å². The summed E-state index contributed by atoms with van der Waals surface area (Å²) in [6.07, 6.45) is 0.436. The highest BCUT2D eigenvalue weighted by Crippen LogP contribution is 2.22. The van der Waals surface area contributed by atoms with Gasteiger partial charge in [0, 0.05) is 6.42 Å². The van der Waals surface area contributed by atoms with Crippen LogP contribution >= 0.6 is 0 Å². The molecule has 6 heteroatoms. The second-order valence-electron chi connectivity index (χ2n) is 4.60. The molecule has 1 aromatic rings. The fourth-order valence-electron chi connectivity index (χ4n) is 1.96. The monoisotopic (exact) mass is 306 g/mol. The Morgan fingerprint density at radius 2 is 1.95 bits per heavy atom. The summed E-state index contributed by atoms with van der Waals surface area (Å²) >= 11 is 0. The van der Waals surface area contributed by atoms with Crippen molar-refractivity contribution in [3.63, 3.8) is 0 Å². The Morgan fingerprint density at radius 1 is 1.23 bits per heavy atom. The molecule has 0 saturated heterocycles. The molecule has 0 unspecified atom stereocenters. The number of ether oxygens (including phenoxy) is 4. The van der Waals surface area contributed by atoms with Crippen LogP contribution in [0.2, 0.25) is 0 Å². The first kappa shape index (κ1) is 15.9. The molecule has 0 saturated carbocycles. The summed E-state index contributed by atoms with van der Waals surface area (Å²) in [4.78, 5) is 22.8. The predicted molar refractivity (Wildman–Crippen MR) is 77.3 cm³/mol. The lowest BCUT2D eigenvalue weighted by molar-refractivity contribution is -0.142. The van der Waals surface area contributed by atoms with Crippen LogP contribution in [0, 0.1) is 0 Å². The van der Waals surface area contributed by atoms with Crippen LogP contribution in [0.5, 0.6) is 5.75 Å². The SMILES string of the molecule is CCOC1=C(Cc2ccc(OCC(=O)OC)cc2)C(=O)CO1. The number of ketones is 1. The molecular weight excluding hydrogens is 288 g/mol. The van der Waals surface area contributed by atoms with Crippen molar-refractivity contribution in [2.45, 2.75) is 13.3 Å². The number of carbonyl (C=O) groups excluding carboxylic acids is 2. The Balaban J connectivity index is 2.00. The molecule has 1 aromatic carbocycles. The van der Waals surface area contributed by atoms with Crippen molar-refractivity contribution in [2.75, 3.05) is 26.9 Å². The summed E-state index contributed by atoms with van der Waals surface area (Å²) in [6, 6.07) is 7.13. The van der Waals surface area contributed by atoms with Crippen molar-refractivity contribution in [2.24, 2.45) is 0 Å². The number of hydrogen-bond donors (Lipinski definition) is 0. The van der Waals surface area contributed by atoms with Crippen LogP contribution in [-0.4, -0.2) is 38.7 Å². The van der Waals surface area contributed by atoms with Crippen LogP contribution in [0.25, 0.3) is 0 Å². The van der Waals surface area contributed by atoms with E-state index < -0.39 is 5.97 Å². The van der Waals surface area contributed by atoms with Crippen molar-refractivity contribution in [1.29, 1.82) is 0 Å². The molecule has 0 amide bonds. The molecule has 0 spiro atoms. The van der Waals surface area contributed by atoms with Crippen molar-refractivity contribution in [3.05, 3.63) is 41.3 Å². The highest BCUT2D eigenvalue weighted by Gasteiger charge is 2.26. The first-order valence-electron chi connectivity index (χ1n) is 6.94. The van der Waals surface area contributed by atoms with Crippen LogP contribution < -0.4 is 4.74 Å². The lowest BCUT2D eigenvalue weighted by Gasteiger charge is -2.07. The zero-order valence-corrected chi connectivity index (χ0v) is 12.6. The fourth-order valence-corrected chi connectivity index (χ4v) is 1.96. The molecule has 0 aliphatic carbocycles. The van der Waals surface area contributed by atoms with E-state index in [0.29, 0.717) is 30.3 Å². The van der Waals surface area contributed by atoms with Crippen LogP contribution in [0.1, 0.15) is 12.5 Å². The van der Waals surface area contributed by atoms with Crippen molar-refractivity contribution in [3.8, 4) is 5.75 Å². The zero-order valence-electron chi connectivity index (χ0n) is 12.6. The fraction of sp³-hybridized carbons (Fsp3) is 0.375. The molecule has 1 heterocycles. The summed E-state index contributed by atoms with van der Waals surface area (Å²) < 4.78 is 20.3. The molecule has 22 heavy (non-hydrogen) atoms. The summed E-state index contributed by atoms with van der Waals surface area (Å²) in [7, 11) is 1.30. The number of Topliss-reactive ketones (excluding diaryl/α,β-unsaturated/α-hetero) is 1. The molecule has 118 valence electrons. The summed E-state index contributed by atoms with van der Waals surface area (Å²) in [5.74, 6) is 0.374. The van der Waals surface area contributed by atoms with E-state index in [9.17, 15) is 9.59 Å². The van der Waals surface area contributed by atoms with Gasteiger partial charge < -0.3 is 18.9 Å².